The van der Waals surface area contributed by atoms with Crippen LogP contribution in [-0.4, -0.2) is 51.6 Å². The highest BCUT2D eigenvalue weighted by Crippen LogP contribution is 2.28. The second-order valence-electron chi connectivity index (χ2n) is 5.55. The Morgan fingerprint density at radius 3 is 2.68 bits per heavy atom. The number of hydrogen-bond donors (Lipinski definition) is 2. The van der Waals surface area contributed by atoms with Crippen LogP contribution in [0.25, 0.3) is 0 Å². The van der Waals surface area contributed by atoms with Crippen LogP contribution in [-0.2, 0) is 9.47 Å². The van der Waals surface area contributed by atoms with Gasteiger partial charge in [0.25, 0.3) is 0 Å². The summed E-state index contributed by atoms with van der Waals surface area (Å²) in [6.07, 6.45) is 0.347. The standard InChI is InChI=1S/C16H25N3O3/c1-12-10-19(11-13(2)22-12)15-7-5-4-6-14(15)18-16(20)17-8-9-21-3/h4-7,12-13H,8-11H2,1-3H3,(H2,17,18,20)/t12-,13-/m1/s1. The highest BCUT2D eigenvalue weighted by molar-refractivity contribution is 5.93. The highest BCUT2D eigenvalue weighted by atomic mass is 16.5. The maximum absolute atomic E-state index is 11.9. The molecule has 2 N–H and O–H groups in total. The van der Waals surface area contributed by atoms with Crippen LogP contribution >= 0.6 is 0 Å². The molecule has 0 spiro atoms. The van der Waals surface area contributed by atoms with Gasteiger partial charge in [0.05, 0.1) is 30.2 Å². The quantitative estimate of drug-likeness (QED) is 0.818. The van der Waals surface area contributed by atoms with Crippen LogP contribution < -0.4 is 15.5 Å². The van der Waals surface area contributed by atoms with Crippen LogP contribution in [0.3, 0.4) is 0 Å². The summed E-state index contributed by atoms with van der Waals surface area (Å²) >= 11 is 0. The molecule has 1 aliphatic heterocycles. The summed E-state index contributed by atoms with van der Waals surface area (Å²) in [5.74, 6) is 0. The third-order valence-electron chi connectivity index (χ3n) is 3.50. The summed E-state index contributed by atoms with van der Waals surface area (Å²) in [7, 11) is 1.61. The molecule has 0 bridgehead atoms. The zero-order chi connectivity index (χ0) is 15.9. The van der Waals surface area contributed by atoms with E-state index in [4.69, 9.17) is 9.47 Å². The second-order valence-corrected chi connectivity index (χ2v) is 5.55. The molecule has 1 saturated heterocycles. The Balaban J connectivity index is 2.04. The zero-order valence-electron chi connectivity index (χ0n) is 13.5. The summed E-state index contributed by atoms with van der Waals surface area (Å²) in [4.78, 5) is 14.2. The molecule has 22 heavy (non-hydrogen) atoms. The molecule has 0 saturated carbocycles. The van der Waals surface area contributed by atoms with Crippen LogP contribution in [0, 0.1) is 0 Å². The van der Waals surface area contributed by atoms with Crippen molar-refractivity contribution < 1.29 is 14.3 Å². The number of methoxy groups -OCH3 is 1. The Morgan fingerprint density at radius 1 is 1.32 bits per heavy atom. The van der Waals surface area contributed by atoms with Gasteiger partial charge in [-0.25, -0.2) is 4.79 Å². The van der Waals surface area contributed by atoms with Crippen molar-refractivity contribution in [1.82, 2.24) is 5.32 Å². The minimum atomic E-state index is -0.223. The van der Waals surface area contributed by atoms with E-state index in [2.05, 4.69) is 29.4 Å². The Kier molecular flexibility index (Phi) is 6.03. The van der Waals surface area contributed by atoms with Crippen molar-refractivity contribution in [2.75, 3.05) is 43.6 Å². The molecule has 1 heterocycles. The first kappa shape index (κ1) is 16.6. The average molecular weight is 307 g/mol. The lowest BCUT2D eigenvalue weighted by atomic mass is 10.1. The van der Waals surface area contributed by atoms with E-state index >= 15 is 0 Å². The van der Waals surface area contributed by atoms with Gasteiger partial charge in [-0.1, -0.05) is 12.1 Å². The van der Waals surface area contributed by atoms with Gasteiger partial charge in [-0.05, 0) is 26.0 Å². The molecule has 0 aliphatic carbocycles. The van der Waals surface area contributed by atoms with Crippen molar-refractivity contribution >= 4 is 17.4 Å². The van der Waals surface area contributed by atoms with Gasteiger partial charge in [0.1, 0.15) is 0 Å². The molecule has 0 aromatic heterocycles. The fraction of sp³-hybridized carbons (Fsp3) is 0.562. The Bertz CT molecular complexity index is 485. The molecule has 122 valence electrons. The Morgan fingerprint density at radius 2 is 2.00 bits per heavy atom. The van der Waals surface area contributed by atoms with E-state index in [1.165, 1.54) is 0 Å². The number of rotatable bonds is 5. The third kappa shape index (κ3) is 4.61. The molecule has 1 fully saturated rings. The summed E-state index contributed by atoms with van der Waals surface area (Å²) in [5, 5.41) is 5.67. The molecular formula is C16H25N3O3. The van der Waals surface area contributed by atoms with Crippen LogP contribution in [0.2, 0.25) is 0 Å². The summed E-state index contributed by atoms with van der Waals surface area (Å²) in [6, 6.07) is 7.61. The lowest BCUT2D eigenvalue weighted by molar-refractivity contribution is -0.00517. The molecule has 0 radical (unpaired) electrons. The number of carbonyl (C=O) groups excluding carboxylic acids is 1. The van der Waals surface area contributed by atoms with Gasteiger partial charge in [0, 0.05) is 26.7 Å². The van der Waals surface area contributed by atoms with Gasteiger partial charge in [0.15, 0.2) is 0 Å². The van der Waals surface area contributed by atoms with E-state index in [9.17, 15) is 4.79 Å². The first-order chi connectivity index (χ1) is 10.6. The summed E-state index contributed by atoms with van der Waals surface area (Å²) in [5.41, 5.74) is 1.82. The van der Waals surface area contributed by atoms with Gasteiger partial charge < -0.3 is 25.0 Å². The Hall–Kier alpha value is -1.79. The van der Waals surface area contributed by atoms with Crippen molar-refractivity contribution in [3.63, 3.8) is 0 Å². The number of nitrogens with one attached hydrogen (secondary N) is 2. The molecule has 2 atom stereocenters. The van der Waals surface area contributed by atoms with Crippen molar-refractivity contribution in [3.05, 3.63) is 24.3 Å². The number of anilines is 2. The van der Waals surface area contributed by atoms with E-state index in [1.54, 1.807) is 7.11 Å². The summed E-state index contributed by atoms with van der Waals surface area (Å²) in [6.45, 7) is 6.73. The fourth-order valence-electron chi connectivity index (χ4n) is 2.66. The van der Waals surface area contributed by atoms with Crippen molar-refractivity contribution in [3.8, 4) is 0 Å². The molecule has 2 rings (SSSR count). The van der Waals surface area contributed by atoms with Gasteiger partial charge in [0.2, 0.25) is 0 Å². The lowest BCUT2D eigenvalue weighted by Gasteiger charge is -2.37. The largest absolute Gasteiger partial charge is 0.383 e. The molecule has 1 aromatic carbocycles. The fourth-order valence-corrected chi connectivity index (χ4v) is 2.66. The summed E-state index contributed by atoms with van der Waals surface area (Å²) < 4.78 is 10.7. The molecule has 0 unspecified atom stereocenters. The number of amides is 2. The highest BCUT2D eigenvalue weighted by Gasteiger charge is 2.24. The zero-order valence-corrected chi connectivity index (χ0v) is 13.5. The first-order valence-electron chi connectivity index (χ1n) is 7.63. The van der Waals surface area contributed by atoms with Gasteiger partial charge in [-0.2, -0.15) is 0 Å². The topological polar surface area (TPSA) is 62.8 Å². The molecule has 1 aliphatic rings. The van der Waals surface area contributed by atoms with Crippen LogP contribution in [0.5, 0.6) is 0 Å². The smallest absolute Gasteiger partial charge is 0.319 e. The van der Waals surface area contributed by atoms with Crippen molar-refractivity contribution in [2.45, 2.75) is 26.1 Å². The molecule has 6 heteroatoms. The third-order valence-corrected chi connectivity index (χ3v) is 3.50. The van der Waals surface area contributed by atoms with Crippen molar-refractivity contribution in [1.29, 1.82) is 0 Å². The number of morpholine rings is 1. The van der Waals surface area contributed by atoms with Crippen LogP contribution in [0.1, 0.15) is 13.8 Å². The molecule has 6 nitrogen and oxygen atoms in total. The lowest BCUT2D eigenvalue weighted by Crippen LogP contribution is -2.45. The van der Waals surface area contributed by atoms with Gasteiger partial charge >= 0.3 is 6.03 Å². The number of carbonyl (C=O) groups is 1. The number of ether oxygens (including phenoxy) is 2. The predicted molar refractivity (Wildman–Crippen MR) is 87.6 cm³/mol. The first-order valence-corrected chi connectivity index (χ1v) is 7.63. The van der Waals surface area contributed by atoms with E-state index in [-0.39, 0.29) is 18.2 Å². The normalized spacial score (nSPS) is 21.5. The minimum Gasteiger partial charge on any atom is -0.383 e. The minimum absolute atomic E-state index is 0.173. The van der Waals surface area contributed by atoms with Crippen LogP contribution in [0.4, 0.5) is 16.2 Å². The molecule has 1 aromatic rings. The van der Waals surface area contributed by atoms with Gasteiger partial charge in [-0.3, -0.25) is 0 Å². The van der Waals surface area contributed by atoms with E-state index in [0.29, 0.717) is 13.2 Å². The number of nitrogens with zero attached hydrogens (tertiary/aromatic N) is 1. The SMILES string of the molecule is COCCNC(=O)Nc1ccccc1N1C[C@@H](C)O[C@H](C)C1. The van der Waals surface area contributed by atoms with E-state index < -0.39 is 0 Å². The molecular weight excluding hydrogens is 282 g/mol. The maximum atomic E-state index is 11.9. The van der Waals surface area contributed by atoms with Gasteiger partial charge in [-0.15, -0.1) is 0 Å². The van der Waals surface area contributed by atoms with E-state index in [1.807, 2.05) is 24.3 Å². The maximum Gasteiger partial charge on any atom is 0.319 e. The monoisotopic (exact) mass is 307 g/mol. The van der Waals surface area contributed by atoms with E-state index in [0.717, 1.165) is 24.5 Å². The average Bonchev–Trinajstić information content (AvgIpc) is 2.47. The van der Waals surface area contributed by atoms with Crippen molar-refractivity contribution in [2.24, 2.45) is 0 Å². The number of para-hydroxylation sites is 2. The molecule has 2 amide bonds. The Labute approximate surface area is 131 Å². The second kappa shape index (κ2) is 8.00. The number of benzene rings is 1. The number of urea groups is 1. The predicted octanol–water partition coefficient (Wildman–Crippen LogP) is 2.07. The number of hydrogen-bond acceptors (Lipinski definition) is 4. The van der Waals surface area contributed by atoms with Crippen LogP contribution in [0.15, 0.2) is 24.3 Å².